The van der Waals surface area contributed by atoms with Crippen molar-refractivity contribution in [3.63, 3.8) is 0 Å². The van der Waals surface area contributed by atoms with E-state index < -0.39 is 0 Å². The molecule has 2 heteroatoms. The van der Waals surface area contributed by atoms with Crippen molar-refractivity contribution in [3.05, 3.63) is 72.8 Å². The van der Waals surface area contributed by atoms with Crippen LogP contribution in [0.1, 0.15) is 24.4 Å². The summed E-state index contributed by atoms with van der Waals surface area (Å²) in [6, 6.07) is 20.5. The number of hydrogen-bond donors (Lipinski definition) is 1. The number of allylic oxidation sites excluding steroid dienone is 1. The van der Waals surface area contributed by atoms with E-state index in [0.29, 0.717) is 6.04 Å². The van der Waals surface area contributed by atoms with Crippen molar-refractivity contribution in [3.8, 4) is 0 Å². The first-order valence-corrected chi connectivity index (χ1v) is 9.34. The highest BCUT2D eigenvalue weighted by Gasteiger charge is 2.24. The maximum atomic E-state index is 3.97. The zero-order valence-corrected chi connectivity index (χ0v) is 14.7. The molecular weight excluding hydrogens is 304 g/mol. The summed E-state index contributed by atoms with van der Waals surface area (Å²) in [5.41, 5.74) is 1.50. The Morgan fingerprint density at radius 3 is 2.16 bits per heavy atom. The van der Waals surface area contributed by atoms with Crippen LogP contribution in [0, 0.1) is 0 Å². The Labute approximate surface area is 150 Å². The van der Waals surface area contributed by atoms with Gasteiger partial charge in [0, 0.05) is 32.2 Å². The van der Waals surface area contributed by atoms with Crippen LogP contribution in [0.4, 0.5) is 0 Å². The summed E-state index contributed by atoms with van der Waals surface area (Å²) in [4.78, 5) is 2.66. The third-order valence-corrected chi connectivity index (χ3v) is 5.38. The number of nitrogens with zero attached hydrogens (tertiary/aromatic N) is 1. The van der Waals surface area contributed by atoms with Gasteiger partial charge in [0.25, 0.3) is 0 Å². The van der Waals surface area contributed by atoms with Crippen molar-refractivity contribution in [2.75, 3.05) is 26.2 Å². The van der Waals surface area contributed by atoms with Crippen molar-refractivity contribution in [1.29, 1.82) is 0 Å². The minimum Gasteiger partial charge on any atom is -0.314 e. The van der Waals surface area contributed by atoms with E-state index in [1.807, 2.05) is 0 Å². The lowest BCUT2D eigenvalue weighted by Gasteiger charge is -2.36. The second-order valence-corrected chi connectivity index (χ2v) is 6.90. The summed E-state index contributed by atoms with van der Waals surface area (Å²) < 4.78 is 0. The first kappa shape index (κ1) is 16.3. The van der Waals surface area contributed by atoms with E-state index in [4.69, 9.17) is 0 Å². The second kappa shape index (κ2) is 7.38. The van der Waals surface area contributed by atoms with Crippen LogP contribution < -0.4 is 5.32 Å². The Kier molecular flexibility index (Phi) is 4.82. The molecule has 0 amide bonds. The van der Waals surface area contributed by atoms with E-state index in [1.54, 1.807) is 0 Å². The average molecular weight is 330 g/mol. The minimum atomic E-state index is 0.441. The molecule has 1 saturated heterocycles. The van der Waals surface area contributed by atoms with Crippen molar-refractivity contribution in [2.45, 2.75) is 18.9 Å². The van der Waals surface area contributed by atoms with Gasteiger partial charge in [-0.3, -0.25) is 4.90 Å². The number of rotatable bonds is 5. The van der Waals surface area contributed by atoms with Gasteiger partial charge < -0.3 is 5.32 Å². The summed E-state index contributed by atoms with van der Waals surface area (Å²) in [6.45, 7) is 8.34. The topological polar surface area (TPSA) is 15.3 Å². The summed E-state index contributed by atoms with van der Waals surface area (Å²) >= 11 is 0. The van der Waals surface area contributed by atoms with Crippen molar-refractivity contribution < 1.29 is 0 Å². The van der Waals surface area contributed by atoms with Gasteiger partial charge in [0.2, 0.25) is 0 Å². The van der Waals surface area contributed by atoms with E-state index in [2.05, 4.69) is 77.5 Å². The van der Waals surface area contributed by atoms with Gasteiger partial charge in [0.05, 0.1) is 0 Å². The lowest BCUT2D eigenvalue weighted by Crippen LogP contribution is -2.45. The number of piperazine rings is 1. The van der Waals surface area contributed by atoms with Crippen LogP contribution in [0.3, 0.4) is 0 Å². The average Bonchev–Trinajstić information content (AvgIpc) is 2.68. The highest BCUT2D eigenvalue weighted by atomic mass is 15.2. The molecule has 1 N–H and O–H groups in total. The molecule has 1 heterocycles. The van der Waals surface area contributed by atoms with Crippen molar-refractivity contribution >= 4 is 21.5 Å². The molecule has 1 aliphatic rings. The Hall–Kier alpha value is -2.16. The molecule has 1 fully saturated rings. The van der Waals surface area contributed by atoms with Crippen LogP contribution >= 0.6 is 0 Å². The fourth-order valence-electron chi connectivity index (χ4n) is 4.19. The number of hydrogen-bond acceptors (Lipinski definition) is 2. The van der Waals surface area contributed by atoms with Gasteiger partial charge in [-0.2, -0.15) is 0 Å². The maximum Gasteiger partial charge on any atom is 0.0364 e. The highest BCUT2D eigenvalue weighted by molar-refractivity contribution is 6.02. The molecule has 0 aliphatic carbocycles. The molecule has 3 aromatic rings. The van der Waals surface area contributed by atoms with Crippen LogP contribution in [0.15, 0.2) is 67.3 Å². The van der Waals surface area contributed by atoms with Crippen LogP contribution in [0.2, 0.25) is 0 Å². The third kappa shape index (κ3) is 3.20. The smallest absolute Gasteiger partial charge is 0.0364 e. The summed E-state index contributed by atoms with van der Waals surface area (Å²) in [5, 5.41) is 8.97. The zero-order chi connectivity index (χ0) is 17.1. The molecule has 0 unspecified atom stereocenters. The summed E-state index contributed by atoms with van der Waals surface area (Å²) in [5.74, 6) is 0. The van der Waals surface area contributed by atoms with Gasteiger partial charge >= 0.3 is 0 Å². The molecule has 0 spiro atoms. The number of benzene rings is 3. The zero-order valence-electron chi connectivity index (χ0n) is 14.7. The molecule has 0 aromatic heterocycles. The van der Waals surface area contributed by atoms with E-state index in [0.717, 1.165) is 39.0 Å². The van der Waals surface area contributed by atoms with Crippen LogP contribution in [-0.4, -0.2) is 31.1 Å². The number of fused-ring (bicyclic) bond motifs is 2. The molecular formula is C23H26N2. The van der Waals surface area contributed by atoms with Gasteiger partial charge in [-0.15, -0.1) is 6.58 Å². The Bertz CT molecular complexity index is 824. The number of nitrogens with one attached hydrogen (secondary N) is 1. The first-order chi connectivity index (χ1) is 12.4. The van der Waals surface area contributed by atoms with Crippen LogP contribution in [0.5, 0.6) is 0 Å². The Morgan fingerprint density at radius 2 is 1.56 bits per heavy atom. The molecule has 3 aromatic carbocycles. The molecule has 1 aliphatic heterocycles. The maximum absolute atomic E-state index is 3.97. The van der Waals surface area contributed by atoms with E-state index in [-0.39, 0.29) is 0 Å². The SMILES string of the molecule is C=CCC[C@@H](c1c2ccccc2cc2ccccc12)N1CCNCC1. The predicted octanol–water partition coefficient (Wildman–Crippen LogP) is 4.91. The summed E-state index contributed by atoms with van der Waals surface area (Å²) in [7, 11) is 0. The Morgan fingerprint density at radius 1 is 0.960 bits per heavy atom. The lowest BCUT2D eigenvalue weighted by atomic mass is 9.89. The van der Waals surface area contributed by atoms with Gasteiger partial charge in [-0.05, 0) is 46.0 Å². The van der Waals surface area contributed by atoms with E-state index in [9.17, 15) is 0 Å². The molecule has 0 radical (unpaired) electrons. The third-order valence-electron chi connectivity index (χ3n) is 5.38. The monoisotopic (exact) mass is 330 g/mol. The normalized spacial score (nSPS) is 17.0. The second-order valence-electron chi connectivity index (χ2n) is 6.90. The lowest BCUT2D eigenvalue weighted by molar-refractivity contribution is 0.168. The quantitative estimate of drug-likeness (QED) is 0.528. The van der Waals surface area contributed by atoms with E-state index >= 15 is 0 Å². The van der Waals surface area contributed by atoms with Gasteiger partial charge in [0.1, 0.15) is 0 Å². The molecule has 0 bridgehead atoms. The standard InChI is InChI=1S/C23H26N2/c1-2-3-12-22(25-15-13-24-14-16-25)23-20-10-6-4-8-18(20)17-19-9-5-7-11-21(19)23/h2,4-11,17,22,24H,1,3,12-16H2/t22-/m0/s1. The molecule has 25 heavy (non-hydrogen) atoms. The fourth-order valence-corrected chi connectivity index (χ4v) is 4.19. The summed E-state index contributed by atoms with van der Waals surface area (Å²) in [6.07, 6.45) is 4.23. The largest absolute Gasteiger partial charge is 0.314 e. The van der Waals surface area contributed by atoms with Crippen LogP contribution in [0.25, 0.3) is 21.5 Å². The first-order valence-electron chi connectivity index (χ1n) is 9.34. The van der Waals surface area contributed by atoms with Crippen molar-refractivity contribution in [2.24, 2.45) is 0 Å². The van der Waals surface area contributed by atoms with Gasteiger partial charge in [-0.25, -0.2) is 0 Å². The molecule has 0 saturated carbocycles. The molecule has 128 valence electrons. The molecule has 4 rings (SSSR count). The predicted molar refractivity (Wildman–Crippen MR) is 108 cm³/mol. The Balaban J connectivity index is 1.94. The van der Waals surface area contributed by atoms with E-state index in [1.165, 1.54) is 27.1 Å². The highest BCUT2D eigenvalue weighted by Crippen LogP contribution is 2.37. The van der Waals surface area contributed by atoms with Gasteiger partial charge in [-0.1, -0.05) is 54.6 Å². The molecule has 2 nitrogen and oxygen atoms in total. The van der Waals surface area contributed by atoms with Gasteiger partial charge in [0.15, 0.2) is 0 Å². The minimum absolute atomic E-state index is 0.441. The van der Waals surface area contributed by atoms with Crippen molar-refractivity contribution in [1.82, 2.24) is 10.2 Å². The van der Waals surface area contributed by atoms with Crippen LogP contribution in [-0.2, 0) is 0 Å². The fraction of sp³-hybridized carbons (Fsp3) is 0.304. The molecule has 1 atom stereocenters.